The molecule has 1 saturated carbocycles. The van der Waals surface area contributed by atoms with E-state index >= 15 is 0 Å². The van der Waals surface area contributed by atoms with Gasteiger partial charge in [0.25, 0.3) is 0 Å². The van der Waals surface area contributed by atoms with Crippen LogP contribution in [0.2, 0.25) is 0 Å². The van der Waals surface area contributed by atoms with Crippen molar-refractivity contribution in [3.8, 4) is 0 Å². The summed E-state index contributed by atoms with van der Waals surface area (Å²) in [6.07, 6.45) is 4.30. The van der Waals surface area contributed by atoms with Crippen molar-refractivity contribution >= 4 is 0 Å². The summed E-state index contributed by atoms with van der Waals surface area (Å²) in [6, 6.07) is 0.862. The van der Waals surface area contributed by atoms with E-state index in [1.54, 1.807) is 0 Å². The Morgan fingerprint density at radius 2 is 2.00 bits per heavy atom. The molecule has 0 radical (unpaired) electrons. The minimum absolute atomic E-state index is 0.697. The molecule has 2 heterocycles. The molecule has 0 aromatic rings. The second kappa shape index (κ2) is 3.47. The zero-order valence-corrected chi connectivity index (χ0v) is 8.80. The van der Waals surface area contributed by atoms with Gasteiger partial charge in [0.05, 0.1) is 13.2 Å². The van der Waals surface area contributed by atoms with Crippen LogP contribution < -0.4 is 5.32 Å². The van der Waals surface area contributed by atoms with Crippen molar-refractivity contribution in [2.75, 3.05) is 39.4 Å². The number of nitrogens with one attached hydrogen (secondary N) is 1. The molecule has 0 unspecified atom stereocenters. The summed E-state index contributed by atoms with van der Waals surface area (Å²) >= 11 is 0. The highest BCUT2D eigenvalue weighted by Crippen LogP contribution is 2.43. The predicted octanol–water partition coefficient (Wildman–Crippen LogP) is 0.461. The zero-order valence-electron chi connectivity index (χ0n) is 8.80. The number of hydrogen-bond donors (Lipinski definition) is 1. The first-order chi connectivity index (χ1) is 6.88. The molecule has 3 heteroatoms. The average molecular weight is 196 g/mol. The molecule has 2 aliphatic heterocycles. The zero-order chi connectivity index (χ0) is 9.43. The van der Waals surface area contributed by atoms with Gasteiger partial charge in [0.15, 0.2) is 0 Å². The van der Waals surface area contributed by atoms with E-state index in [2.05, 4.69) is 10.2 Å². The molecule has 14 heavy (non-hydrogen) atoms. The summed E-state index contributed by atoms with van der Waals surface area (Å²) < 4.78 is 5.40. The van der Waals surface area contributed by atoms with E-state index in [1.165, 1.54) is 32.4 Å². The number of nitrogens with zero attached hydrogens (tertiary/aromatic N) is 1. The summed E-state index contributed by atoms with van der Waals surface area (Å²) in [5, 5.41) is 3.42. The SMILES string of the molecule is C1CN([C@@H]2CCC3(CNC3)C2)CCO1. The van der Waals surface area contributed by atoms with Crippen LogP contribution in [-0.4, -0.2) is 50.3 Å². The maximum Gasteiger partial charge on any atom is 0.0594 e. The molecule has 2 saturated heterocycles. The van der Waals surface area contributed by atoms with Crippen LogP contribution in [0, 0.1) is 5.41 Å². The molecule has 3 fully saturated rings. The van der Waals surface area contributed by atoms with Gasteiger partial charge in [0.1, 0.15) is 0 Å². The van der Waals surface area contributed by atoms with Gasteiger partial charge < -0.3 is 10.1 Å². The van der Waals surface area contributed by atoms with Crippen LogP contribution in [0.4, 0.5) is 0 Å². The van der Waals surface area contributed by atoms with Crippen LogP contribution >= 0.6 is 0 Å². The normalized spacial score (nSPS) is 37.3. The lowest BCUT2D eigenvalue weighted by molar-refractivity contribution is 0.0135. The van der Waals surface area contributed by atoms with E-state index in [0.29, 0.717) is 5.41 Å². The van der Waals surface area contributed by atoms with Crippen LogP contribution in [0.5, 0.6) is 0 Å². The van der Waals surface area contributed by atoms with E-state index in [1.807, 2.05) is 0 Å². The monoisotopic (exact) mass is 196 g/mol. The molecule has 3 aliphatic rings. The average Bonchev–Trinajstić information content (AvgIpc) is 2.63. The first-order valence-electron chi connectivity index (χ1n) is 5.91. The summed E-state index contributed by atoms with van der Waals surface area (Å²) in [5.41, 5.74) is 0.697. The molecule has 0 aromatic heterocycles. The molecule has 0 aromatic carbocycles. The standard InChI is InChI=1S/C11H20N2O/c1-2-11(8-12-9-11)7-10(1)13-3-5-14-6-4-13/h10,12H,1-9H2/t10-/m1/s1. The number of rotatable bonds is 1. The molecule has 1 N–H and O–H groups in total. The third kappa shape index (κ3) is 1.47. The first kappa shape index (κ1) is 9.13. The third-order valence-electron chi connectivity index (χ3n) is 4.24. The largest absolute Gasteiger partial charge is 0.379 e. The Bertz CT molecular complexity index is 209. The number of hydrogen-bond acceptors (Lipinski definition) is 3. The fourth-order valence-electron chi connectivity index (χ4n) is 3.23. The Hall–Kier alpha value is -0.120. The highest BCUT2D eigenvalue weighted by atomic mass is 16.5. The third-order valence-corrected chi connectivity index (χ3v) is 4.24. The fourth-order valence-corrected chi connectivity index (χ4v) is 3.23. The maximum absolute atomic E-state index is 5.40. The van der Waals surface area contributed by atoms with Gasteiger partial charge in [0.2, 0.25) is 0 Å². The molecule has 0 amide bonds. The second-order valence-electron chi connectivity index (χ2n) is 5.15. The Morgan fingerprint density at radius 1 is 1.21 bits per heavy atom. The van der Waals surface area contributed by atoms with Crippen LogP contribution in [-0.2, 0) is 4.74 Å². The summed E-state index contributed by atoms with van der Waals surface area (Å²) in [5.74, 6) is 0. The summed E-state index contributed by atoms with van der Waals surface area (Å²) in [6.45, 7) is 6.76. The topological polar surface area (TPSA) is 24.5 Å². The maximum atomic E-state index is 5.40. The van der Waals surface area contributed by atoms with Crippen LogP contribution in [0.15, 0.2) is 0 Å². The minimum Gasteiger partial charge on any atom is -0.379 e. The van der Waals surface area contributed by atoms with Crippen LogP contribution in [0.25, 0.3) is 0 Å². The van der Waals surface area contributed by atoms with Gasteiger partial charge in [-0.2, -0.15) is 0 Å². The predicted molar refractivity (Wildman–Crippen MR) is 55.3 cm³/mol. The van der Waals surface area contributed by atoms with Crippen molar-refractivity contribution in [2.24, 2.45) is 5.41 Å². The van der Waals surface area contributed by atoms with E-state index in [4.69, 9.17) is 4.74 Å². The van der Waals surface area contributed by atoms with Crippen molar-refractivity contribution in [1.29, 1.82) is 0 Å². The Kier molecular flexibility index (Phi) is 2.26. The van der Waals surface area contributed by atoms with E-state index in [0.717, 1.165) is 32.3 Å². The molecule has 1 spiro atoms. The summed E-state index contributed by atoms with van der Waals surface area (Å²) in [7, 11) is 0. The van der Waals surface area contributed by atoms with Gasteiger partial charge in [-0.3, -0.25) is 4.90 Å². The van der Waals surface area contributed by atoms with E-state index in [-0.39, 0.29) is 0 Å². The Labute approximate surface area is 85.8 Å². The van der Waals surface area contributed by atoms with Crippen molar-refractivity contribution in [2.45, 2.75) is 25.3 Å². The number of ether oxygens (including phenoxy) is 1. The van der Waals surface area contributed by atoms with Gasteiger partial charge in [-0.25, -0.2) is 0 Å². The smallest absolute Gasteiger partial charge is 0.0594 e. The van der Waals surface area contributed by atoms with Gasteiger partial charge >= 0.3 is 0 Å². The summed E-state index contributed by atoms with van der Waals surface area (Å²) in [4.78, 5) is 2.65. The van der Waals surface area contributed by atoms with Gasteiger partial charge in [-0.15, -0.1) is 0 Å². The molecule has 80 valence electrons. The molecule has 3 nitrogen and oxygen atoms in total. The lowest BCUT2D eigenvalue weighted by atomic mass is 9.80. The second-order valence-corrected chi connectivity index (χ2v) is 5.15. The molecule has 3 rings (SSSR count). The van der Waals surface area contributed by atoms with Crippen molar-refractivity contribution < 1.29 is 4.74 Å². The Balaban J connectivity index is 1.58. The molecular weight excluding hydrogens is 176 g/mol. The lowest BCUT2D eigenvalue weighted by Gasteiger charge is -2.41. The van der Waals surface area contributed by atoms with Crippen LogP contribution in [0.1, 0.15) is 19.3 Å². The molecule has 1 atom stereocenters. The first-order valence-corrected chi connectivity index (χ1v) is 5.91. The van der Waals surface area contributed by atoms with E-state index in [9.17, 15) is 0 Å². The highest BCUT2D eigenvalue weighted by Gasteiger charge is 2.45. The van der Waals surface area contributed by atoms with Crippen molar-refractivity contribution in [3.05, 3.63) is 0 Å². The molecule has 0 bridgehead atoms. The van der Waals surface area contributed by atoms with Crippen LogP contribution in [0.3, 0.4) is 0 Å². The lowest BCUT2D eigenvalue weighted by Crippen LogP contribution is -2.53. The van der Waals surface area contributed by atoms with Gasteiger partial charge in [-0.1, -0.05) is 0 Å². The van der Waals surface area contributed by atoms with Gasteiger partial charge in [-0.05, 0) is 24.7 Å². The number of morpholine rings is 1. The van der Waals surface area contributed by atoms with Crippen molar-refractivity contribution in [3.63, 3.8) is 0 Å². The molecular formula is C11H20N2O. The minimum atomic E-state index is 0.697. The quantitative estimate of drug-likeness (QED) is 0.659. The highest BCUT2D eigenvalue weighted by molar-refractivity contribution is 5.01. The van der Waals surface area contributed by atoms with E-state index < -0.39 is 0 Å². The van der Waals surface area contributed by atoms with Gasteiger partial charge in [0, 0.05) is 32.2 Å². The fraction of sp³-hybridized carbons (Fsp3) is 1.00. The van der Waals surface area contributed by atoms with Crippen molar-refractivity contribution in [1.82, 2.24) is 10.2 Å². The molecule has 1 aliphatic carbocycles. The Morgan fingerprint density at radius 3 is 2.57 bits per heavy atom.